The molecule has 0 heterocycles. The molecule has 1 aliphatic rings. The van der Waals surface area contributed by atoms with Gasteiger partial charge >= 0.3 is 24.1 Å². The summed E-state index contributed by atoms with van der Waals surface area (Å²) in [4.78, 5) is 52.6. The molecule has 0 saturated carbocycles. The number of ether oxygens (including phenoxy) is 4. The second-order valence-corrected chi connectivity index (χ2v) is 22.6. The van der Waals surface area contributed by atoms with Gasteiger partial charge in [0.25, 0.3) is 0 Å². The van der Waals surface area contributed by atoms with E-state index in [-0.39, 0.29) is 11.8 Å². The van der Waals surface area contributed by atoms with Crippen LogP contribution < -0.4 is 20.1 Å². The highest BCUT2D eigenvalue weighted by Gasteiger charge is 2.34. The molecule has 3 unspecified atom stereocenters. The van der Waals surface area contributed by atoms with Crippen LogP contribution in [0.4, 0.5) is 9.59 Å². The summed E-state index contributed by atoms with van der Waals surface area (Å²) in [5.41, 5.74) is 4.66. The van der Waals surface area contributed by atoms with Crippen molar-refractivity contribution in [2.45, 2.75) is 167 Å². The van der Waals surface area contributed by atoms with Crippen molar-refractivity contribution in [3.05, 3.63) is 94.5 Å². The van der Waals surface area contributed by atoms with E-state index in [0.29, 0.717) is 42.3 Å². The van der Waals surface area contributed by atoms with E-state index in [1.165, 1.54) is 42.6 Å². The predicted molar refractivity (Wildman–Crippen MR) is 279 cm³/mol. The zero-order valence-corrected chi connectivity index (χ0v) is 44.1. The van der Waals surface area contributed by atoms with Gasteiger partial charge in [-0.15, -0.1) is 0 Å². The Morgan fingerprint density at radius 2 is 1.24 bits per heavy atom. The Morgan fingerprint density at radius 3 is 1.81 bits per heavy atom. The molecule has 4 atom stereocenters. The number of thioether (sulfide) groups is 3. The molecule has 67 heavy (non-hydrogen) atoms. The minimum absolute atomic E-state index is 0.138. The Bertz CT molecular complexity index is 1980. The predicted octanol–water partition coefficient (Wildman–Crippen LogP) is 12.9. The van der Waals surface area contributed by atoms with Crippen LogP contribution in [0.1, 0.15) is 152 Å². The third-order valence-corrected chi connectivity index (χ3v) is 14.0. The molecule has 3 aromatic carbocycles. The fourth-order valence-electron chi connectivity index (χ4n) is 8.27. The third-order valence-electron chi connectivity index (χ3n) is 11.6. The van der Waals surface area contributed by atoms with Gasteiger partial charge in [-0.05, 0) is 193 Å². The molecule has 370 valence electrons. The first kappa shape index (κ1) is 55.8. The number of amides is 2. The quantitative estimate of drug-likeness (QED) is 0.0453. The van der Waals surface area contributed by atoms with Crippen molar-refractivity contribution in [3.8, 4) is 11.5 Å². The molecule has 2 amide bonds. The third kappa shape index (κ3) is 20.4. The number of benzene rings is 3. The lowest BCUT2D eigenvalue weighted by Crippen LogP contribution is -2.45. The van der Waals surface area contributed by atoms with E-state index in [1.807, 2.05) is 48.9 Å². The summed E-state index contributed by atoms with van der Waals surface area (Å²) in [5, 5.41) is 5.46. The van der Waals surface area contributed by atoms with E-state index < -0.39 is 47.4 Å². The van der Waals surface area contributed by atoms with Crippen LogP contribution in [0.2, 0.25) is 0 Å². The molecule has 0 fully saturated rings. The zero-order valence-electron chi connectivity index (χ0n) is 41.7. The fourth-order valence-corrected chi connectivity index (χ4v) is 10.2. The van der Waals surface area contributed by atoms with Crippen LogP contribution in [0.3, 0.4) is 0 Å². The summed E-state index contributed by atoms with van der Waals surface area (Å²) in [6, 6.07) is 21.2. The number of fused-ring (bicyclic) bond motifs is 1. The lowest BCUT2D eigenvalue weighted by molar-refractivity contribution is -0.137. The normalized spacial score (nSPS) is 15.7. The van der Waals surface area contributed by atoms with E-state index in [1.54, 1.807) is 65.1 Å². The Labute approximate surface area is 414 Å². The van der Waals surface area contributed by atoms with Crippen molar-refractivity contribution in [2.75, 3.05) is 35.5 Å². The summed E-state index contributed by atoms with van der Waals surface area (Å²) in [7, 11) is 0. The van der Waals surface area contributed by atoms with Crippen LogP contribution in [0.5, 0.6) is 11.5 Å². The van der Waals surface area contributed by atoms with Crippen LogP contribution in [-0.4, -0.2) is 82.9 Å². The fraction of sp³-hybridized carbons (Fsp3) is 0.593. The van der Waals surface area contributed by atoms with Crippen LogP contribution >= 0.6 is 35.3 Å². The highest BCUT2D eigenvalue weighted by Crippen LogP contribution is 2.48. The molecule has 2 N–H and O–H groups in total. The van der Waals surface area contributed by atoms with E-state index in [2.05, 4.69) is 59.7 Å². The molecule has 0 radical (unpaired) electrons. The van der Waals surface area contributed by atoms with Gasteiger partial charge < -0.3 is 29.6 Å². The minimum atomic E-state index is -0.861. The number of nitrogens with one attached hydrogen (secondary N) is 2. The monoisotopic (exact) mass is 978 g/mol. The zero-order chi connectivity index (χ0) is 48.8. The van der Waals surface area contributed by atoms with Gasteiger partial charge in [0.2, 0.25) is 0 Å². The smallest absolute Gasteiger partial charge is 0.408 e. The van der Waals surface area contributed by atoms with E-state index in [4.69, 9.17) is 18.9 Å². The van der Waals surface area contributed by atoms with Crippen molar-refractivity contribution in [1.82, 2.24) is 10.6 Å². The molecule has 0 spiro atoms. The molecular weight excluding hydrogens is 901 g/mol. The Balaban J connectivity index is 1.51. The minimum Gasteiger partial charge on any atom is -0.444 e. The number of hydrogen-bond donors (Lipinski definition) is 2. The van der Waals surface area contributed by atoms with Gasteiger partial charge in [0, 0.05) is 0 Å². The maximum absolute atomic E-state index is 13.8. The molecule has 3 aromatic rings. The first-order valence-electron chi connectivity index (χ1n) is 24.3. The number of carbonyl (C=O) groups is 4. The number of alkyl carbamates (subject to hydrolysis) is 2. The molecule has 1 aliphatic carbocycles. The van der Waals surface area contributed by atoms with Crippen LogP contribution in [0.15, 0.2) is 66.7 Å². The Hall–Kier alpha value is -3.81. The Kier molecular flexibility index (Phi) is 23.8. The van der Waals surface area contributed by atoms with Gasteiger partial charge in [0.15, 0.2) is 0 Å². The first-order valence-corrected chi connectivity index (χ1v) is 28.2. The summed E-state index contributed by atoms with van der Waals surface area (Å²) < 4.78 is 22.9. The SMILES string of the molecule is CCCCCCSCCc1ccc(CCCCC2c3cccc(OC(=O)[C@H](CCSC)NC(=O)OC(C)(C)C)c3CCC2c2ccc(OC(=O)C(CCSC)NC(=O)OC(C)(C)C)cc2)cc1. The highest BCUT2D eigenvalue weighted by molar-refractivity contribution is 7.99. The topological polar surface area (TPSA) is 129 Å². The summed E-state index contributed by atoms with van der Waals surface area (Å²) in [6.07, 6.45) is 15.3. The Morgan fingerprint density at radius 1 is 0.657 bits per heavy atom. The van der Waals surface area contributed by atoms with Crippen molar-refractivity contribution < 1.29 is 38.1 Å². The summed E-state index contributed by atoms with van der Waals surface area (Å²) >= 11 is 5.24. The van der Waals surface area contributed by atoms with E-state index in [0.717, 1.165) is 61.0 Å². The van der Waals surface area contributed by atoms with Crippen LogP contribution in [0.25, 0.3) is 0 Å². The second-order valence-electron chi connectivity index (χ2n) is 19.4. The maximum atomic E-state index is 13.8. The van der Waals surface area contributed by atoms with Crippen molar-refractivity contribution in [2.24, 2.45) is 0 Å². The molecule has 4 rings (SSSR count). The number of rotatable bonds is 26. The van der Waals surface area contributed by atoms with Gasteiger partial charge in [-0.25, -0.2) is 19.2 Å². The number of unbranched alkanes of at least 4 members (excludes halogenated alkanes) is 4. The number of carbonyl (C=O) groups excluding carboxylic acids is 4. The summed E-state index contributed by atoms with van der Waals surface area (Å²) in [5.74, 6) is 3.91. The van der Waals surface area contributed by atoms with Crippen molar-refractivity contribution in [1.29, 1.82) is 0 Å². The van der Waals surface area contributed by atoms with Crippen LogP contribution in [-0.2, 0) is 38.3 Å². The first-order chi connectivity index (χ1) is 32.0. The largest absolute Gasteiger partial charge is 0.444 e. The van der Waals surface area contributed by atoms with Crippen molar-refractivity contribution >= 4 is 59.4 Å². The lowest BCUT2D eigenvalue weighted by Gasteiger charge is -2.35. The van der Waals surface area contributed by atoms with Crippen molar-refractivity contribution in [3.63, 3.8) is 0 Å². The van der Waals surface area contributed by atoms with Gasteiger partial charge in [0.1, 0.15) is 34.8 Å². The standard InChI is InChI=1S/C54H78N2O8S3/c1-10-11-12-15-34-67-37-31-39-23-21-38(22-24-39)17-13-14-18-43-42(40-25-27-41(28-26-40)61-49(57)46(32-35-65-8)55-51(59)63-53(2,3)4)29-30-45-44(43)19-16-20-48(45)62-50(58)47(33-36-66-9)56-52(60)64-54(5,6)7/h16,19-28,42-43,46-47H,10-15,17-18,29-37H2,1-9H3,(H,55,59)(H,56,60)/t42?,43?,46?,47-/m0/s1. The molecule has 13 heteroatoms. The lowest BCUT2D eigenvalue weighted by atomic mass is 9.70. The molecule has 0 bridgehead atoms. The second kappa shape index (κ2) is 28.6. The molecule has 0 saturated heterocycles. The number of esters is 2. The van der Waals surface area contributed by atoms with Gasteiger partial charge in [0.05, 0.1) is 0 Å². The maximum Gasteiger partial charge on any atom is 0.408 e. The molecule has 0 aliphatic heterocycles. The molecule has 0 aromatic heterocycles. The molecule has 10 nitrogen and oxygen atoms in total. The average molecular weight is 979 g/mol. The average Bonchev–Trinajstić information content (AvgIpc) is 3.27. The molecular formula is C54H78N2O8S3. The van der Waals surface area contributed by atoms with E-state index >= 15 is 0 Å². The highest BCUT2D eigenvalue weighted by atomic mass is 32.2. The van der Waals surface area contributed by atoms with Gasteiger partial charge in [-0.2, -0.15) is 35.3 Å². The van der Waals surface area contributed by atoms with Crippen LogP contribution in [0, 0.1) is 0 Å². The van der Waals surface area contributed by atoms with Gasteiger partial charge in [-0.1, -0.05) is 81.1 Å². The van der Waals surface area contributed by atoms with Gasteiger partial charge in [-0.3, -0.25) is 0 Å². The number of aryl methyl sites for hydroxylation is 2. The van der Waals surface area contributed by atoms with E-state index in [9.17, 15) is 19.2 Å². The number of hydrogen-bond acceptors (Lipinski definition) is 11. The summed E-state index contributed by atoms with van der Waals surface area (Å²) in [6.45, 7) is 13.0.